The second-order valence-corrected chi connectivity index (χ2v) is 3.25. The molecule has 2 aromatic carbocycles. The summed E-state index contributed by atoms with van der Waals surface area (Å²) in [4.78, 5) is 0. The molecule has 0 unspecified atom stereocenters. The van der Waals surface area contributed by atoms with Gasteiger partial charge < -0.3 is 5.73 Å². The fraction of sp³-hybridized carbons (Fsp3) is 0. The van der Waals surface area contributed by atoms with E-state index in [0.29, 0.717) is 5.69 Å². The van der Waals surface area contributed by atoms with Crippen LogP contribution in [0.15, 0.2) is 30.3 Å². The predicted octanol–water partition coefficient (Wildman–Crippen LogP) is 2.38. The van der Waals surface area contributed by atoms with Crippen molar-refractivity contribution in [3.63, 3.8) is 0 Å². The SMILES string of the molecule is C#Cc1ccc2c(C#C)ccc(N)c2c1. The number of fused-ring (bicyclic) bond motifs is 1. The van der Waals surface area contributed by atoms with Crippen molar-refractivity contribution in [2.24, 2.45) is 0 Å². The Bertz CT molecular complexity index is 609. The molecule has 2 aromatic rings. The molecule has 0 aliphatic carbocycles. The topological polar surface area (TPSA) is 26.0 Å². The minimum atomic E-state index is 0.695. The maximum Gasteiger partial charge on any atom is 0.0395 e. The molecule has 0 spiro atoms. The third-order valence-electron chi connectivity index (χ3n) is 2.37. The van der Waals surface area contributed by atoms with E-state index >= 15 is 0 Å². The van der Waals surface area contributed by atoms with E-state index in [1.54, 1.807) is 6.07 Å². The molecule has 15 heavy (non-hydrogen) atoms. The molecule has 0 amide bonds. The van der Waals surface area contributed by atoms with Gasteiger partial charge in [-0.3, -0.25) is 0 Å². The van der Waals surface area contributed by atoms with Crippen LogP contribution >= 0.6 is 0 Å². The highest BCUT2D eigenvalue weighted by atomic mass is 14.5. The lowest BCUT2D eigenvalue weighted by atomic mass is 10.0. The highest BCUT2D eigenvalue weighted by molar-refractivity contribution is 5.97. The van der Waals surface area contributed by atoms with Crippen molar-refractivity contribution < 1.29 is 0 Å². The van der Waals surface area contributed by atoms with Gasteiger partial charge in [-0.15, -0.1) is 12.8 Å². The van der Waals surface area contributed by atoms with Crippen molar-refractivity contribution >= 4 is 16.5 Å². The summed E-state index contributed by atoms with van der Waals surface area (Å²) in [5, 5.41) is 1.89. The number of benzene rings is 2. The zero-order valence-electron chi connectivity index (χ0n) is 8.12. The number of nitrogens with two attached hydrogens (primary N) is 1. The average molecular weight is 191 g/mol. The van der Waals surface area contributed by atoms with Crippen LogP contribution in [0, 0.1) is 24.7 Å². The van der Waals surface area contributed by atoms with Crippen LogP contribution in [0.1, 0.15) is 11.1 Å². The summed E-state index contributed by atoms with van der Waals surface area (Å²) in [7, 11) is 0. The summed E-state index contributed by atoms with van der Waals surface area (Å²) in [6, 6.07) is 9.30. The van der Waals surface area contributed by atoms with Crippen LogP contribution in [-0.2, 0) is 0 Å². The van der Waals surface area contributed by atoms with Gasteiger partial charge in [-0.05, 0) is 29.7 Å². The third-order valence-corrected chi connectivity index (χ3v) is 2.37. The molecular weight excluding hydrogens is 182 g/mol. The first-order valence-corrected chi connectivity index (χ1v) is 4.51. The molecule has 70 valence electrons. The summed E-state index contributed by atoms with van der Waals surface area (Å²) < 4.78 is 0. The summed E-state index contributed by atoms with van der Waals surface area (Å²) >= 11 is 0. The van der Waals surface area contributed by atoms with E-state index in [0.717, 1.165) is 21.9 Å². The minimum absolute atomic E-state index is 0.695. The van der Waals surface area contributed by atoms with E-state index < -0.39 is 0 Å². The smallest absolute Gasteiger partial charge is 0.0395 e. The van der Waals surface area contributed by atoms with Crippen LogP contribution in [0.3, 0.4) is 0 Å². The molecule has 0 aliphatic heterocycles. The number of nitrogen functional groups attached to an aromatic ring is 1. The summed E-state index contributed by atoms with van der Waals surface area (Å²) in [6.45, 7) is 0. The van der Waals surface area contributed by atoms with Crippen molar-refractivity contribution in [2.45, 2.75) is 0 Å². The molecule has 0 bridgehead atoms. The number of hydrogen-bond donors (Lipinski definition) is 1. The van der Waals surface area contributed by atoms with E-state index in [9.17, 15) is 0 Å². The first-order valence-electron chi connectivity index (χ1n) is 4.51. The van der Waals surface area contributed by atoms with Gasteiger partial charge in [0.05, 0.1) is 0 Å². The van der Waals surface area contributed by atoms with Crippen LogP contribution in [0.5, 0.6) is 0 Å². The van der Waals surface area contributed by atoms with Crippen LogP contribution in [0.4, 0.5) is 5.69 Å². The van der Waals surface area contributed by atoms with Crippen molar-refractivity contribution in [1.29, 1.82) is 0 Å². The van der Waals surface area contributed by atoms with Gasteiger partial charge in [0.15, 0.2) is 0 Å². The van der Waals surface area contributed by atoms with Gasteiger partial charge in [0.1, 0.15) is 0 Å². The second-order valence-electron chi connectivity index (χ2n) is 3.25. The number of hydrogen-bond acceptors (Lipinski definition) is 1. The van der Waals surface area contributed by atoms with Crippen LogP contribution in [0.2, 0.25) is 0 Å². The first kappa shape index (κ1) is 9.19. The molecule has 0 aromatic heterocycles. The molecule has 1 heteroatoms. The largest absolute Gasteiger partial charge is 0.398 e. The van der Waals surface area contributed by atoms with Gasteiger partial charge in [0.2, 0.25) is 0 Å². The van der Waals surface area contributed by atoms with Crippen molar-refractivity contribution in [2.75, 3.05) is 5.73 Å². The Kier molecular flexibility index (Phi) is 2.08. The summed E-state index contributed by atoms with van der Waals surface area (Å²) in [5.74, 6) is 5.20. The van der Waals surface area contributed by atoms with Crippen molar-refractivity contribution in [3.8, 4) is 24.7 Å². The Morgan fingerprint density at radius 2 is 1.73 bits per heavy atom. The van der Waals surface area contributed by atoms with Gasteiger partial charge in [0.25, 0.3) is 0 Å². The minimum Gasteiger partial charge on any atom is -0.398 e. The molecule has 2 N–H and O–H groups in total. The molecular formula is C14H9N. The molecule has 0 aliphatic rings. The van der Waals surface area contributed by atoms with Gasteiger partial charge >= 0.3 is 0 Å². The van der Waals surface area contributed by atoms with E-state index in [-0.39, 0.29) is 0 Å². The van der Waals surface area contributed by atoms with Crippen molar-refractivity contribution in [3.05, 3.63) is 41.5 Å². The second kappa shape index (κ2) is 3.40. The lowest BCUT2D eigenvalue weighted by Crippen LogP contribution is -1.89. The van der Waals surface area contributed by atoms with Gasteiger partial charge in [-0.2, -0.15) is 0 Å². The molecule has 2 rings (SSSR count). The standard InChI is InChI=1S/C14H9N/c1-3-10-5-7-12-11(4-2)6-8-14(15)13(12)9-10/h1-2,5-9H,15H2. The molecule has 0 radical (unpaired) electrons. The van der Waals surface area contributed by atoms with Crippen LogP contribution < -0.4 is 5.73 Å². The molecule has 0 saturated carbocycles. The zero-order valence-corrected chi connectivity index (χ0v) is 8.12. The Balaban J connectivity index is 2.91. The van der Waals surface area contributed by atoms with Crippen LogP contribution in [0.25, 0.3) is 10.8 Å². The van der Waals surface area contributed by atoms with E-state index in [4.69, 9.17) is 18.6 Å². The number of terminal acetylenes is 2. The molecule has 1 nitrogen and oxygen atoms in total. The predicted molar refractivity (Wildman–Crippen MR) is 64.2 cm³/mol. The molecule has 0 fully saturated rings. The maximum absolute atomic E-state index is 5.87. The van der Waals surface area contributed by atoms with Gasteiger partial charge in [-0.25, -0.2) is 0 Å². The van der Waals surface area contributed by atoms with Crippen molar-refractivity contribution in [1.82, 2.24) is 0 Å². The first-order chi connectivity index (χ1) is 7.26. The van der Waals surface area contributed by atoms with Gasteiger partial charge in [0, 0.05) is 22.2 Å². The lowest BCUT2D eigenvalue weighted by Gasteiger charge is -2.04. The molecule has 0 saturated heterocycles. The highest BCUT2D eigenvalue weighted by Crippen LogP contribution is 2.25. The van der Waals surface area contributed by atoms with E-state index in [2.05, 4.69) is 11.8 Å². The van der Waals surface area contributed by atoms with Crippen LogP contribution in [-0.4, -0.2) is 0 Å². The summed E-state index contributed by atoms with van der Waals surface area (Å²) in [5.41, 5.74) is 8.21. The molecule has 0 heterocycles. The third kappa shape index (κ3) is 1.41. The average Bonchev–Trinajstić information content (AvgIpc) is 2.29. The monoisotopic (exact) mass is 191 g/mol. The lowest BCUT2D eigenvalue weighted by molar-refractivity contribution is 1.66. The fourth-order valence-corrected chi connectivity index (χ4v) is 1.59. The number of anilines is 1. The Morgan fingerprint density at radius 3 is 2.40 bits per heavy atom. The quantitative estimate of drug-likeness (QED) is 0.502. The Hall–Kier alpha value is -2.38. The maximum atomic E-state index is 5.87. The fourth-order valence-electron chi connectivity index (χ4n) is 1.59. The number of rotatable bonds is 0. The van der Waals surface area contributed by atoms with Gasteiger partial charge in [-0.1, -0.05) is 17.9 Å². The molecule has 0 atom stereocenters. The van der Waals surface area contributed by atoms with E-state index in [1.165, 1.54) is 0 Å². The van der Waals surface area contributed by atoms with E-state index in [1.807, 2.05) is 24.3 Å². The zero-order chi connectivity index (χ0) is 10.8. The normalized spacial score (nSPS) is 9.47. The Labute approximate surface area is 88.9 Å². The summed E-state index contributed by atoms with van der Waals surface area (Å²) in [6.07, 6.45) is 10.7. The highest BCUT2D eigenvalue weighted by Gasteiger charge is 2.02. The Morgan fingerprint density at radius 1 is 0.933 bits per heavy atom.